The average Bonchev–Trinajstić information content (AvgIpc) is 2.79. The van der Waals surface area contributed by atoms with Gasteiger partial charge < -0.3 is 19.5 Å². The lowest BCUT2D eigenvalue weighted by Gasteiger charge is -2.34. The average molecular weight is 414 g/mol. The predicted octanol–water partition coefficient (Wildman–Crippen LogP) is 3.05. The van der Waals surface area contributed by atoms with Gasteiger partial charge in [-0.3, -0.25) is 9.69 Å². The van der Waals surface area contributed by atoms with Gasteiger partial charge in [0, 0.05) is 31.8 Å². The van der Waals surface area contributed by atoms with E-state index < -0.39 is 0 Å². The van der Waals surface area contributed by atoms with Gasteiger partial charge in [-0.2, -0.15) is 0 Å². The van der Waals surface area contributed by atoms with E-state index in [1.807, 2.05) is 12.1 Å². The highest BCUT2D eigenvalue weighted by Gasteiger charge is 2.23. The molecule has 1 amide bonds. The highest BCUT2D eigenvalue weighted by molar-refractivity contribution is 5.91. The third kappa shape index (κ3) is 6.05. The van der Waals surface area contributed by atoms with Crippen molar-refractivity contribution in [3.05, 3.63) is 65.5 Å². The molecule has 1 unspecified atom stereocenters. The van der Waals surface area contributed by atoms with Crippen LogP contribution in [-0.2, 0) is 9.53 Å². The number of ether oxygens (including phenoxy) is 3. The van der Waals surface area contributed by atoms with E-state index in [0.717, 1.165) is 24.2 Å². The van der Waals surface area contributed by atoms with Crippen molar-refractivity contribution in [1.82, 2.24) is 10.2 Å². The first kappa shape index (κ1) is 21.8. The van der Waals surface area contributed by atoms with Crippen LogP contribution in [0.3, 0.4) is 0 Å². The molecule has 2 aromatic rings. The number of benzene rings is 2. The Bertz CT molecular complexity index is 842. The topological polar surface area (TPSA) is 60.0 Å². The Morgan fingerprint density at radius 3 is 2.37 bits per heavy atom. The summed E-state index contributed by atoms with van der Waals surface area (Å²) < 4.78 is 29.3. The molecule has 0 aromatic heterocycles. The maximum absolute atomic E-state index is 13.3. The first-order valence-electron chi connectivity index (χ1n) is 9.85. The fourth-order valence-electron chi connectivity index (χ4n) is 3.39. The zero-order valence-electron chi connectivity index (χ0n) is 17.3. The first-order chi connectivity index (χ1) is 14.6. The van der Waals surface area contributed by atoms with Crippen LogP contribution in [-0.4, -0.2) is 57.9 Å². The number of rotatable bonds is 8. The zero-order chi connectivity index (χ0) is 21.3. The Morgan fingerprint density at radius 1 is 1.13 bits per heavy atom. The molecule has 0 bridgehead atoms. The number of methoxy groups -OCH3 is 2. The number of amides is 1. The van der Waals surface area contributed by atoms with Crippen molar-refractivity contribution in [2.45, 2.75) is 6.04 Å². The molecule has 1 saturated heterocycles. The molecular weight excluding hydrogens is 387 g/mol. The SMILES string of the molecule is COc1cc(/C=C/C(=O)NCC(c2ccc(F)cc2)N2CCOCC2)cc(OC)c1. The molecule has 1 N–H and O–H groups in total. The quantitative estimate of drug-likeness (QED) is 0.673. The molecular formula is C23H27FN2O4. The van der Waals surface area contributed by atoms with Crippen molar-refractivity contribution < 1.29 is 23.4 Å². The van der Waals surface area contributed by atoms with Gasteiger partial charge in [0.25, 0.3) is 0 Å². The Kier molecular flexibility index (Phi) is 7.82. The molecule has 0 spiro atoms. The van der Waals surface area contributed by atoms with Crippen LogP contribution in [0.2, 0.25) is 0 Å². The van der Waals surface area contributed by atoms with Crippen molar-refractivity contribution in [1.29, 1.82) is 0 Å². The molecule has 1 heterocycles. The number of morpholine rings is 1. The molecule has 0 radical (unpaired) electrons. The summed E-state index contributed by atoms with van der Waals surface area (Å²) in [6.45, 7) is 3.22. The van der Waals surface area contributed by atoms with Gasteiger partial charge in [0.1, 0.15) is 17.3 Å². The molecule has 7 heteroatoms. The lowest BCUT2D eigenvalue weighted by atomic mass is 10.0. The molecule has 1 atom stereocenters. The Balaban J connectivity index is 1.66. The van der Waals surface area contributed by atoms with Gasteiger partial charge in [-0.25, -0.2) is 4.39 Å². The van der Waals surface area contributed by atoms with E-state index in [4.69, 9.17) is 14.2 Å². The summed E-state index contributed by atoms with van der Waals surface area (Å²) in [6, 6.07) is 11.8. The zero-order valence-corrected chi connectivity index (χ0v) is 17.3. The summed E-state index contributed by atoms with van der Waals surface area (Å²) in [5.41, 5.74) is 1.75. The minimum absolute atomic E-state index is 0.0521. The summed E-state index contributed by atoms with van der Waals surface area (Å²) >= 11 is 0. The van der Waals surface area contributed by atoms with Gasteiger partial charge in [0.15, 0.2) is 0 Å². The van der Waals surface area contributed by atoms with Crippen LogP contribution in [0.1, 0.15) is 17.2 Å². The summed E-state index contributed by atoms with van der Waals surface area (Å²) in [5, 5.41) is 2.96. The van der Waals surface area contributed by atoms with Gasteiger partial charge in [-0.05, 0) is 41.5 Å². The third-order valence-electron chi connectivity index (χ3n) is 5.01. The van der Waals surface area contributed by atoms with Gasteiger partial charge in [-0.1, -0.05) is 12.1 Å². The number of nitrogens with zero attached hydrogens (tertiary/aromatic N) is 1. The van der Waals surface area contributed by atoms with Crippen molar-refractivity contribution in [2.24, 2.45) is 0 Å². The highest BCUT2D eigenvalue weighted by Crippen LogP contribution is 2.24. The third-order valence-corrected chi connectivity index (χ3v) is 5.01. The molecule has 0 aliphatic carbocycles. The van der Waals surface area contributed by atoms with E-state index in [9.17, 15) is 9.18 Å². The van der Waals surface area contributed by atoms with E-state index in [1.54, 1.807) is 38.5 Å². The highest BCUT2D eigenvalue weighted by atomic mass is 19.1. The van der Waals surface area contributed by atoms with E-state index in [2.05, 4.69) is 10.2 Å². The van der Waals surface area contributed by atoms with Gasteiger partial charge >= 0.3 is 0 Å². The number of carbonyl (C=O) groups is 1. The van der Waals surface area contributed by atoms with Crippen LogP contribution in [0.15, 0.2) is 48.5 Å². The molecule has 3 rings (SSSR count). The second kappa shape index (κ2) is 10.8. The molecule has 1 fully saturated rings. The molecule has 1 aliphatic rings. The van der Waals surface area contributed by atoms with Crippen molar-refractivity contribution in [3.8, 4) is 11.5 Å². The maximum atomic E-state index is 13.3. The van der Waals surface area contributed by atoms with Crippen LogP contribution < -0.4 is 14.8 Å². The van der Waals surface area contributed by atoms with E-state index in [-0.39, 0.29) is 17.8 Å². The Morgan fingerprint density at radius 2 is 1.77 bits per heavy atom. The number of nitrogens with one attached hydrogen (secondary N) is 1. The van der Waals surface area contributed by atoms with Gasteiger partial charge in [0.2, 0.25) is 5.91 Å². The van der Waals surface area contributed by atoms with Crippen molar-refractivity contribution in [3.63, 3.8) is 0 Å². The molecule has 6 nitrogen and oxygen atoms in total. The van der Waals surface area contributed by atoms with Crippen LogP contribution in [0.25, 0.3) is 6.08 Å². The van der Waals surface area contributed by atoms with Gasteiger partial charge in [-0.15, -0.1) is 0 Å². The predicted molar refractivity (Wildman–Crippen MR) is 113 cm³/mol. The fraction of sp³-hybridized carbons (Fsp3) is 0.348. The van der Waals surface area contributed by atoms with Gasteiger partial charge in [0.05, 0.1) is 33.5 Å². The largest absolute Gasteiger partial charge is 0.497 e. The molecule has 2 aromatic carbocycles. The van der Waals surface area contributed by atoms with Crippen molar-refractivity contribution >= 4 is 12.0 Å². The van der Waals surface area contributed by atoms with E-state index in [1.165, 1.54) is 18.2 Å². The normalized spacial score (nSPS) is 15.7. The maximum Gasteiger partial charge on any atom is 0.244 e. The number of halogens is 1. The second-order valence-corrected chi connectivity index (χ2v) is 6.94. The van der Waals surface area contributed by atoms with Crippen LogP contribution >= 0.6 is 0 Å². The Hall–Kier alpha value is -2.90. The molecule has 0 saturated carbocycles. The van der Waals surface area contributed by atoms with Crippen LogP contribution in [0.5, 0.6) is 11.5 Å². The molecule has 1 aliphatic heterocycles. The van der Waals surface area contributed by atoms with Crippen molar-refractivity contribution in [2.75, 3.05) is 47.1 Å². The standard InChI is InChI=1S/C23H27FN2O4/c1-28-20-13-17(14-21(15-20)29-2)3-8-23(27)25-16-22(26-9-11-30-12-10-26)18-4-6-19(24)7-5-18/h3-8,13-15,22H,9-12,16H2,1-2H3,(H,25,27)/b8-3+. The smallest absolute Gasteiger partial charge is 0.244 e. The van der Waals surface area contributed by atoms with Crippen LogP contribution in [0, 0.1) is 5.82 Å². The summed E-state index contributed by atoms with van der Waals surface area (Å²) in [4.78, 5) is 14.7. The van der Waals surface area contributed by atoms with E-state index >= 15 is 0 Å². The lowest BCUT2D eigenvalue weighted by molar-refractivity contribution is -0.116. The summed E-state index contributed by atoms with van der Waals surface area (Å²) in [6.07, 6.45) is 3.19. The molecule has 160 valence electrons. The van der Waals surface area contributed by atoms with E-state index in [0.29, 0.717) is 31.3 Å². The number of hydrogen-bond acceptors (Lipinski definition) is 5. The minimum Gasteiger partial charge on any atom is -0.497 e. The summed E-state index contributed by atoms with van der Waals surface area (Å²) in [5.74, 6) is 0.813. The minimum atomic E-state index is -0.278. The number of hydrogen-bond donors (Lipinski definition) is 1. The van der Waals surface area contributed by atoms with Crippen LogP contribution in [0.4, 0.5) is 4.39 Å². The fourth-order valence-corrected chi connectivity index (χ4v) is 3.39. The summed E-state index contributed by atoms with van der Waals surface area (Å²) in [7, 11) is 3.16. The first-order valence-corrected chi connectivity index (χ1v) is 9.85. The monoisotopic (exact) mass is 414 g/mol. The number of carbonyl (C=O) groups excluding carboxylic acids is 1. The second-order valence-electron chi connectivity index (χ2n) is 6.94. The Labute approximate surface area is 176 Å². The lowest BCUT2D eigenvalue weighted by Crippen LogP contribution is -2.43. The molecule has 30 heavy (non-hydrogen) atoms.